The molecule has 1 heterocycles. The van der Waals surface area contributed by atoms with Crippen molar-refractivity contribution in [2.45, 2.75) is 13.8 Å². The van der Waals surface area contributed by atoms with Crippen LogP contribution < -0.4 is 10.2 Å². The van der Waals surface area contributed by atoms with Crippen LogP contribution in [0.4, 0.5) is 11.6 Å². The van der Waals surface area contributed by atoms with Gasteiger partial charge >= 0.3 is 0 Å². The van der Waals surface area contributed by atoms with Gasteiger partial charge in [0, 0.05) is 32.1 Å². The number of carbonyl (C=O) groups excluding carboxylic acids is 1. The molecule has 2 aromatic rings. The molecule has 0 aliphatic carbocycles. The molecule has 0 unspecified atom stereocenters. The van der Waals surface area contributed by atoms with E-state index in [0.717, 1.165) is 11.3 Å². The molecule has 6 heteroatoms. The van der Waals surface area contributed by atoms with E-state index in [9.17, 15) is 4.79 Å². The minimum Gasteiger partial charge on any atom is -0.383 e. The number of aryl methyl sites for hydroxylation is 1. The highest BCUT2D eigenvalue weighted by Gasteiger charge is 2.14. The second-order valence-electron chi connectivity index (χ2n) is 5.07. The van der Waals surface area contributed by atoms with Gasteiger partial charge in [-0.1, -0.05) is 12.1 Å². The number of hydrogen-bond donors (Lipinski definition) is 1. The van der Waals surface area contributed by atoms with Crippen LogP contribution in [0.3, 0.4) is 0 Å². The van der Waals surface area contributed by atoms with E-state index >= 15 is 0 Å². The van der Waals surface area contributed by atoms with Crippen LogP contribution in [0.25, 0.3) is 0 Å². The van der Waals surface area contributed by atoms with E-state index in [4.69, 9.17) is 4.74 Å². The molecule has 1 aromatic carbocycles. The standard InChI is InChI=1S/C17H22N4O2/c1-4-21(14-7-5-6-13(2)12-14)17-19-9-8-15(20-17)16(22)18-10-11-23-3/h5-9,12H,4,10-11H2,1-3H3,(H,18,22). The Morgan fingerprint density at radius 3 is 2.87 bits per heavy atom. The monoisotopic (exact) mass is 314 g/mol. The zero-order valence-electron chi connectivity index (χ0n) is 13.7. The van der Waals surface area contributed by atoms with Crippen molar-refractivity contribution in [3.8, 4) is 0 Å². The van der Waals surface area contributed by atoms with Gasteiger partial charge in [0.2, 0.25) is 5.95 Å². The Hall–Kier alpha value is -2.47. The molecule has 1 aromatic heterocycles. The van der Waals surface area contributed by atoms with Gasteiger partial charge in [0.05, 0.1) is 6.61 Å². The van der Waals surface area contributed by atoms with E-state index in [1.807, 2.05) is 36.9 Å². The number of anilines is 2. The molecule has 0 bridgehead atoms. The van der Waals surface area contributed by atoms with Crippen LogP contribution in [-0.2, 0) is 4.74 Å². The fourth-order valence-corrected chi connectivity index (χ4v) is 2.20. The Kier molecular flexibility index (Phi) is 6.05. The highest BCUT2D eigenvalue weighted by Crippen LogP contribution is 2.22. The van der Waals surface area contributed by atoms with Gasteiger partial charge < -0.3 is 15.0 Å². The molecule has 0 aliphatic rings. The Morgan fingerprint density at radius 2 is 2.17 bits per heavy atom. The van der Waals surface area contributed by atoms with E-state index < -0.39 is 0 Å². The summed E-state index contributed by atoms with van der Waals surface area (Å²) in [6.07, 6.45) is 1.60. The van der Waals surface area contributed by atoms with Crippen molar-refractivity contribution in [3.05, 3.63) is 47.8 Å². The van der Waals surface area contributed by atoms with Gasteiger partial charge in [-0.3, -0.25) is 4.79 Å². The molecular formula is C17H22N4O2. The molecule has 0 saturated carbocycles. The summed E-state index contributed by atoms with van der Waals surface area (Å²) in [7, 11) is 1.59. The molecule has 0 spiro atoms. The van der Waals surface area contributed by atoms with Gasteiger partial charge in [0.1, 0.15) is 5.69 Å². The van der Waals surface area contributed by atoms with Crippen molar-refractivity contribution in [1.29, 1.82) is 0 Å². The van der Waals surface area contributed by atoms with Crippen molar-refractivity contribution in [2.24, 2.45) is 0 Å². The number of benzene rings is 1. The largest absolute Gasteiger partial charge is 0.383 e. The van der Waals surface area contributed by atoms with Crippen molar-refractivity contribution in [3.63, 3.8) is 0 Å². The highest BCUT2D eigenvalue weighted by atomic mass is 16.5. The predicted octanol–water partition coefficient (Wildman–Crippen LogP) is 2.32. The summed E-state index contributed by atoms with van der Waals surface area (Å²) >= 11 is 0. The van der Waals surface area contributed by atoms with E-state index in [0.29, 0.717) is 31.3 Å². The quantitative estimate of drug-likeness (QED) is 0.794. The van der Waals surface area contributed by atoms with Crippen molar-refractivity contribution in [1.82, 2.24) is 15.3 Å². The molecule has 122 valence electrons. The topological polar surface area (TPSA) is 67.4 Å². The van der Waals surface area contributed by atoms with E-state index in [1.165, 1.54) is 0 Å². The first-order valence-electron chi connectivity index (χ1n) is 7.60. The number of ether oxygens (including phenoxy) is 1. The second-order valence-corrected chi connectivity index (χ2v) is 5.07. The van der Waals surface area contributed by atoms with E-state index in [-0.39, 0.29) is 5.91 Å². The van der Waals surface area contributed by atoms with Gasteiger partial charge in [-0.25, -0.2) is 9.97 Å². The smallest absolute Gasteiger partial charge is 0.270 e. The van der Waals surface area contributed by atoms with Crippen LogP contribution in [0.1, 0.15) is 23.0 Å². The normalized spacial score (nSPS) is 10.4. The molecule has 0 aliphatic heterocycles. The SMILES string of the molecule is CCN(c1cccc(C)c1)c1nccc(C(=O)NCCOC)n1. The number of hydrogen-bond acceptors (Lipinski definition) is 5. The molecule has 2 rings (SSSR count). The van der Waals surface area contributed by atoms with Gasteiger partial charge in [0.15, 0.2) is 0 Å². The molecule has 0 fully saturated rings. The number of nitrogens with one attached hydrogen (secondary N) is 1. The third-order valence-electron chi connectivity index (χ3n) is 3.34. The average molecular weight is 314 g/mol. The van der Waals surface area contributed by atoms with Gasteiger partial charge in [0.25, 0.3) is 5.91 Å². The summed E-state index contributed by atoms with van der Waals surface area (Å²) < 4.78 is 4.92. The molecule has 6 nitrogen and oxygen atoms in total. The third kappa shape index (κ3) is 4.50. The first-order valence-corrected chi connectivity index (χ1v) is 7.60. The summed E-state index contributed by atoms with van der Waals surface area (Å²) in [5.74, 6) is 0.281. The fraction of sp³-hybridized carbons (Fsp3) is 0.353. The number of aromatic nitrogens is 2. The lowest BCUT2D eigenvalue weighted by Gasteiger charge is -2.21. The summed E-state index contributed by atoms with van der Waals surface area (Å²) in [6, 6.07) is 9.71. The van der Waals surface area contributed by atoms with Crippen LogP contribution in [0.5, 0.6) is 0 Å². The molecule has 0 saturated heterocycles. The number of nitrogens with zero attached hydrogens (tertiary/aromatic N) is 3. The number of rotatable bonds is 7. The highest BCUT2D eigenvalue weighted by molar-refractivity contribution is 5.92. The Balaban J connectivity index is 2.21. The van der Waals surface area contributed by atoms with Gasteiger partial charge in [-0.2, -0.15) is 0 Å². The zero-order valence-corrected chi connectivity index (χ0v) is 13.7. The maximum absolute atomic E-state index is 12.1. The lowest BCUT2D eigenvalue weighted by Crippen LogP contribution is -2.28. The molecular weight excluding hydrogens is 292 g/mol. The maximum Gasteiger partial charge on any atom is 0.270 e. The maximum atomic E-state index is 12.1. The second kappa shape index (κ2) is 8.24. The molecule has 23 heavy (non-hydrogen) atoms. The van der Waals surface area contributed by atoms with E-state index in [1.54, 1.807) is 19.4 Å². The number of carbonyl (C=O) groups is 1. The first kappa shape index (κ1) is 16.9. The Labute approximate surface area is 136 Å². The van der Waals surface area contributed by atoms with Crippen molar-refractivity contribution in [2.75, 3.05) is 31.7 Å². The molecule has 1 amide bonds. The van der Waals surface area contributed by atoms with Gasteiger partial charge in [-0.05, 0) is 37.6 Å². The van der Waals surface area contributed by atoms with Crippen LogP contribution >= 0.6 is 0 Å². The van der Waals surface area contributed by atoms with E-state index in [2.05, 4.69) is 21.4 Å². The average Bonchev–Trinajstić information content (AvgIpc) is 2.56. The molecule has 0 radical (unpaired) electrons. The molecule has 0 atom stereocenters. The predicted molar refractivity (Wildman–Crippen MR) is 90.1 cm³/mol. The summed E-state index contributed by atoms with van der Waals surface area (Å²) in [6.45, 7) is 5.69. The Bertz CT molecular complexity index is 661. The zero-order chi connectivity index (χ0) is 16.7. The summed E-state index contributed by atoms with van der Waals surface area (Å²) in [5.41, 5.74) is 2.51. The van der Waals surface area contributed by atoms with Gasteiger partial charge in [-0.15, -0.1) is 0 Å². The minimum absolute atomic E-state index is 0.231. The number of amides is 1. The first-order chi connectivity index (χ1) is 11.2. The Morgan fingerprint density at radius 1 is 1.35 bits per heavy atom. The fourth-order valence-electron chi connectivity index (χ4n) is 2.20. The minimum atomic E-state index is -0.231. The van der Waals surface area contributed by atoms with Crippen LogP contribution in [0.15, 0.2) is 36.5 Å². The third-order valence-corrected chi connectivity index (χ3v) is 3.34. The van der Waals surface area contributed by atoms with Crippen LogP contribution in [-0.4, -0.2) is 42.7 Å². The lowest BCUT2D eigenvalue weighted by atomic mass is 10.2. The van der Waals surface area contributed by atoms with Crippen LogP contribution in [0.2, 0.25) is 0 Å². The van der Waals surface area contributed by atoms with Crippen molar-refractivity contribution < 1.29 is 9.53 Å². The molecule has 1 N–H and O–H groups in total. The lowest BCUT2D eigenvalue weighted by molar-refractivity contribution is 0.0932. The van der Waals surface area contributed by atoms with Crippen LogP contribution in [0, 0.1) is 6.92 Å². The summed E-state index contributed by atoms with van der Waals surface area (Å²) in [4.78, 5) is 22.8. The van der Waals surface area contributed by atoms with Crippen molar-refractivity contribution >= 4 is 17.5 Å². The summed E-state index contributed by atoms with van der Waals surface area (Å²) in [5, 5.41) is 2.76. The number of methoxy groups -OCH3 is 1.